The van der Waals surface area contributed by atoms with E-state index in [1.807, 2.05) is 17.0 Å². The van der Waals surface area contributed by atoms with Crippen LogP contribution in [-0.2, 0) is 11.3 Å². The van der Waals surface area contributed by atoms with E-state index < -0.39 is 18.0 Å². The molecule has 20 heavy (non-hydrogen) atoms. The molecule has 1 unspecified atom stereocenters. The van der Waals surface area contributed by atoms with Crippen molar-refractivity contribution in [1.29, 1.82) is 0 Å². The Morgan fingerprint density at radius 3 is 2.90 bits per heavy atom. The van der Waals surface area contributed by atoms with E-state index in [1.165, 1.54) is 0 Å². The fraction of sp³-hybridized carbons (Fsp3) is 0.583. The summed E-state index contributed by atoms with van der Waals surface area (Å²) in [4.78, 5) is 26.5. The number of carbonyl (C=O) groups excluding carboxylic acids is 1. The van der Waals surface area contributed by atoms with Gasteiger partial charge >= 0.3 is 12.0 Å². The zero-order chi connectivity index (χ0) is 14.8. The predicted molar refractivity (Wildman–Crippen MR) is 77.8 cm³/mol. The van der Waals surface area contributed by atoms with E-state index in [0.29, 0.717) is 18.7 Å². The molecular formula is C12H20N4O3S. The number of imidazole rings is 1. The van der Waals surface area contributed by atoms with Crippen molar-refractivity contribution in [3.8, 4) is 0 Å². The van der Waals surface area contributed by atoms with Gasteiger partial charge in [-0.3, -0.25) is 0 Å². The van der Waals surface area contributed by atoms with E-state index in [1.54, 1.807) is 24.3 Å². The van der Waals surface area contributed by atoms with Crippen molar-refractivity contribution in [3.63, 3.8) is 0 Å². The largest absolute Gasteiger partial charge is 0.480 e. The number of urea groups is 1. The first kappa shape index (κ1) is 16.4. The molecule has 0 saturated heterocycles. The monoisotopic (exact) mass is 300 g/mol. The number of amides is 2. The van der Waals surface area contributed by atoms with E-state index >= 15 is 0 Å². The van der Waals surface area contributed by atoms with E-state index in [9.17, 15) is 9.59 Å². The van der Waals surface area contributed by atoms with Crippen LogP contribution in [0, 0.1) is 0 Å². The average molecular weight is 300 g/mol. The van der Waals surface area contributed by atoms with Crippen LogP contribution < -0.4 is 10.6 Å². The van der Waals surface area contributed by atoms with Crippen molar-refractivity contribution in [2.24, 2.45) is 0 Å². The highest BCUT2D eigenvalue weighted by Gasteiger charge is 2.18. The van der Waals surface area contributed by atoms with Crippen molar-refractivity contribution < 1.29 is 14.7 Å². The smallest absolute Gasteiger partial charge is 0.326 e. The van der Waals surface area contributed by atoms with Crippen LogP contribution in [0.2, 0.25) is 0 Å². The number of nitrogens with zero attached hydrogens (tertiary/aromatic N) is 2. The van der Waals surface area contributed by atoms with Crippen molar-refractivity contribution in [2.75, 3.05) is 18.6 Å². The molecule has 3 N–H and O–H groups in total. The van der Waals surface area contributed by atoms with Gasteiger partial charge in [0.1, 0.15) is 6.04 Å². The van der Waals surface area contributed by atoms with Crippen LogP contribution in [0.15, 0.2) is 18.7 Å². The molecule has 0 fully saturated rings. The van der Waals surface area contributed by atoms with Crippen LogP contribution in [0.25, 0.3) is 0 Å². The molecule has 1 heterocycles. The fourth-order valence-electron chi connectivity index (χ4n) is 1.58. The van der Waals surface area contributed by atoms with E-state index in [4.69, 9.17) is 5.11 Å². The summed E-state index contributed by atoms with van der Waals surface area (Å²) in [7, 11) is 0. The molecule has 0 saturated carbocycles. The number of aryl methyl sites for hydroxylation is 1. The molecule has 8 heteroatoms. The van der Waals surface area contributed by atoms with Crippen molar-refractivity contribution >= 4 is 23.8 Å². The molecule has 0 aliphatic rings. The van der Waals surface area contributed by atoms with Crippen molar-refractivity contribution in [1.82, 2.24) is 20.2 Å². The van der Waals surface area contributed by atoms with E-state index in [0.717, 1.165) is 13.0 Å². The Kier molecular flexibility index (Phi) is 7.56. The van der Waals surface area contributed by atoms with Crippen molar-refractivity contribution in [2.45, 2.75) is 25.4 Å². The van der Waals surface area contributed by atoms with Crippen LogP contribution in [0.3, 0.4) is 0 Å². The Morgan fingerprint density at radius 2 is 2.30 bits per heavy atom. The molecule has 112 valence electrons. The fourth-order valence-corrected chi connectivity index (χ4v) is 2.06. The van der Waals surface area contributed by atoms with Crippen LogP contribution in [-0.4, -0.2) is 51.3 Å². The second-order valence-electron chi connectivity index (χ2n) is 4.23. The Bertz CT molecular complexity index is 411. The molecule has 2 amide bonds. The highest BCUT2D eigenvalue weighted by atomic mass is 32.2. The molecule has 7 nitrogen and oxygen atoms in total. The lowest BCUT2D eigenvalue weighted by atomic mass is 10.2. The Morgan fingerprint density at radius 1 is 1.50 bits per heavy atom. The lowest BCUT2D eigenvalue weighted by Gasteiger charge is -2.14. The third-order valence-corrected chi connectivity index (χ3v) is 3.30. The molecule has 0 radical (unpaired) electrons. The molecule has 1 aromatic rings. The molecule has 1 rings (SSSR count). The maximum atomic E-state index is 11.6. The van der Waals surface area contributed by atoms with E-state index in [-0.39, 0.29) is 0 Å². The van der Waals surface area contributed by atoms with Gasteiger partial charge in [-0.15, -0.1) is 0 Å². The molecular weight excluding hydrogens is 280 g/mol. The summed E-state index contributed by atoms with van der Waals surface area (Å²) in [5.74, 6) is -0.315. The first-order valence-electron chi connectivity index (χ1n) is 6.35. The Hall–Kier alpha value is -1.70. The third kappa shape index (κ3) is 6.46. The zero-order valence-corrected chi connectivity index (χ0v) is 12.2. The van der Waals surface area contributed by atoms with Crippen LogP contribution in [0.4, 0.5) is 4.79 Å². The second-order valence-corrected chi connectivity index (χ2v) is 5.21. The average Bonchev–Trinajstić information content (AvgIpc) is 2.92. The lowest BCUT2D eigenvalue weighted by Crippen LogP contribution is -2.46. The first-order chi connectivity index (χ1) is 9.63. The molecule has 1 aromatic heterocycles. The summed E-state index contributed by atoms with van der Waals surface area (Å²) in [5, 5.41) is 14.1. The highest BCUT2D eigenvalue weighted by Crippen LogP contribution is 2.00. The number of hydrogen-bond acceptors (Lipinski definition) is 4. The number of aliphatic carboxylic acids is 1. The molecule has 1 atom stereocenters. The molecule has 0 aliphatic carbocycles. The van der Waals surface area contributed by atoms with Gasteiger partial charge in [0.25, 0.3) is 0 Å². The number of carbonyl (C=O) groups is 2. The van der Waals surface area contributed by atoms with Crippen molar-refractivity contribution in [3.05, 3.63) is 18.7 Å². The summed E-state index contributed by atoms with van der Waals surface area (Å²) < 4.78 is 1.91. The lowest BCUT2D eigenvalue weighted by molar-refractivity contribution is -0.139. The SMILES string of the molecule is CSCCC(NC(=O)NCCCn1ccnc1)C(=O)O. The summed E-state index contributed by atoms with van der Waals surface area (Å²) in [6.45, 7) is 1.24. The Labute approximate surface area is 122 Å². The van der Waals surface area contributed by atoms with Gasteiger partial charge < -0.3 is 20.3 Å². The van der Waals surface area contributed by atoms with Crippen LogP contribution >= 0.6 is 11.8 Å². The number of carboxylic acid groups (broad SMARTS) is 1. The van der Waals surface area contributed by atoms with Gasteiger partial charge in [-0.2, -0.15) is 11.8 Å². The third-order valence-electron chi connectivity index (χ3n) is 2.65. The first-order valence-corrected chi connectivity index (χ1v) is 7.74. The van der Waals surface area contributed by atoms with Gasteiger partial charge in [-0.1, -0.05) is 0 Å². The number of thioether (sulfide) groups is 1. The second kappa shape index (κ2) is 9.24. The standard InChI is InChI=1S/C12H20N4O3S/c1-20-8-3-10(11(17)18)15-12(19)14-4-2-6-16-7-5-13-9-16/h5,7,9-10H,2-4,6,8H2,1H3,(H,17,18)(H2,14,15,19). The molecule has 0 spiro atoms. The number of carboxylic acids is 1. The highest BCUT2D eigenvalue weighted by molar-refractivity contribution is 7.98. The van der Waals surface area contributed by atoms with Gasteiger partial charge in [0.15, 0.2) is 0 Å². The minimum absolute atomic E-state index is 0.416. The Balaban J connectivity index is 2.18. The van der Waals surface area contributed by atoms with Gasteiger partial charge in [-0.05, 0) is 24.9 Å². The van der Waals surface area contributed by atoms with E-state index in [2.05, 4.69) is 15.6 Å². The molecule has 0 aliphatic heterocycles. The predicted octanol–water partition coefficient (Wildman–Crippen LogP) is 0.779. The summed E-state index contributed by atoms with van der Waals surface area (Å²) in [6.07, 6.45) is 8.33. The van der Waals surface area contributed by atoms with Crippen LogP contribution in [0.5, 0.6) is 0 Å². The quantitative estimate of drug-likeness (QED) is 0.586. The number of nitrogens with one attached hydrogen (secondary N) is 2. The molecule has 0 bridgehead atoms. The van der Waals surface area contributed by atoms with Gasteiger partial charge in [0, 0.05) is 25.5 Å². The maximum Gasteiger partial charge on any atom is 0.326 e. The van der Waals surface area contributed by atoms with Crippen LogP contribution in [0.1, 0.15) is 12.8 Å². The van der Waals surface area contributed by atoms with Gasteiger partial charge in [0.05, 0.1) is 6.33 Å². The number of hydrogen-bond donors (Lipinski definition) is 3. The minimum atomic E-state index is -1.01. The number of aromatic nitrogens is 2. The summed E-state index contributed by atoms with van der Waals surface area (Å²) >= 11 is 1.55. The molecule has 0 aromatic carbocycles. The minimum Gasteiger partial charge on any atom is -0.480 e. The summed E-state index contributed by atoms with van der Waals surface area (Å²) in [6, 6.07) is -1.28. The zero-order valence-electron chi connectivity index (χ0n) is 11.4. The van der Waals surface area contributed by atoms with Gasteiger partial charge in [-0.25, -0.2) is 14.6 Å². The van der Waals surface area contributed by atoms with Gasteiger partial charge in [0.2, 0.25) is 0 Å². The number of rotatable bonds is 9. The topological polar surface area (TPSA) is 96.3 Å². The maximum absolute atomic E-state index is 11.6. The normalized spacial score (nSPS) is 11.8. The summed E-state index contributed by atoms with van der Waals surface area (Å²) in [5.41, 5.74) is 0.